The molecular weight excluding hydrogens is 408 g/mol. The van der Waals surface area contributed by atoms with Crippen molar-refractivity contribution in [2.75, 3.05) is 6.61 Å². The molecule has 2 aliphatic carbocycles. The van der Waals surface area contributed by atoms with Gasteiger partial charge in [0.15, 0.2) is 0 Å². The lowest BCUT2D eigenvalue weighted by Gasteiger charge is -2.60. The number of allylic oxidation sites excluding steroid dienone is 1. The zero-order valence-electron chi connectivity index (χ0n) is 19.6. The summed E-state index contributed by atoms with van der Waals surface area (Å²) in [5, 5.41) is 10.7. The van der Waals surface area contributed by atoms with Crippen molar-refractivity contribution < 1.29 is 28.9 Å². The van der Waals surface area contributed by atoms with E-state index in [1.807, 2.05) is 32.9 Å². The van der Waals surface area contributed by atoms with Crippen LogP contribution in [-0.4, -0.2) is 41.5 Å². The summed E-state index contributed by atoms with van der Waals surface area (Å²) >= 11 is 0. The first-order valence-electron chi connectivity index (χ1n) is 11.7. The summed E-state index contributed by atoms with van der Waals surface area (Å²) in [6.07, 6.45) is 10.1. The number of rotatable bonds is 1. The van der Waals surface area contributed by atoms with Crippen molar-refractivity contribution in [3.63, 3.8) is 0 Å². The van der Waals surface area contributed by atoms with Crippen LogP contribution in [0.5, 0.6) is 0 Å². The van der Waals surface area contributed by atoms with Gasteiger partial charge in [-0.3, -0.25) is 4.79 Å². The Kier molecular flexibility index (Phi) is 4.57. The second-order valence-electron chi connectivity index (χ2n) is 11.6. The van der Waals surface area contributed by atoms with Gasteiger partial charge in [-0.05, 0) is 48.2 Å². The Balaban J connectivity index is 1.65. The molecule has 5 rings (SSSR count). The minimum atomic E-state index is -0.933. The Morgan fingerprint density at radius 3 is 2.50 bits per heavy atom. The first-order chi connectivity index (χ1) is 14.9. The van der Waals surface area contributed by atoms with Crippen LogP contribution >= 0.6 is 0 Å². The Hall–Kier alpha value is -2.08. The molecule has 1 N–H and O–H groups in total. The lowest BCUT2D eigenvalue weighted by molar-refractivity contribution is -0.177. The van der Waals surface area contributed by atoms with Crippen molar-refractivity contribution in [2.45, 2.75) is 71.7 Å². The van der Waals surface area contributed by atoms with E-state index in [1.165, 1.54) is 0 Å². The van der Waals surface area contributed by atoms with Gasteiger partial charge in [0.05, 0.1) is 24.9 Å². The summed E-state index contributed by atoms with van der Waals surface area (Å²) < 4.78 is 17.6. The van der Waals surface area contributed by atoms with Gasteiger partial charge in [-0.15, -0.1) is 0 Å². The summed E-state index contributed by atoms with van der Waals surface area (Å²) in [7, 11) is 0. The molecule has 6 heteroatoms. The van der Waals surface area contributed by atoms with Crippen LogP contribution in [0.15, 0.2) is 36.1 Å². The molecule has 32 heavy (non-hydrogen) atoms. The minimum absolute atomic E-state index is 0.0179. The number of carbonyl (C=O) groups excluding carboxylic acids is 2. The van der Waals surface area contributed by atoms with E-state index in [-0.39, 0.29) is 47.6 Å². The lowest BCUT2D eigenvalue weighted by atomic mass is 9.46. The highest BCUT2D eigenvalue weighted by atomic mass is 16.6. The fraction of sp³-hybridized carbons (Fsp3) is 0.692. The van der Waals surface area contributed by atoms with E-state index in [9.17, 15) is 14.7 Å². The van der Waals surface area contributed by atoms with Gasteiger partial charge in [-0.2, -0.15) is 0 Å². The number of carbonyl (C=O) groups is 2. The van der Waals surface area contributed by atoms with E-state index in [4.69, 9.17) is 14.2 Å². The molecule has 0 aromatic heterocycles. The van der Waals surface area contributed by atoms with Crippen LogP contribution in [0.2, 0.25) is 0 Å². The Labute approximate surface area is 189 Å². The molecule has 0 amide bonds. The van der Waals surface area contributed by atoms with Crippen LogP contribution < -0.4 is 0 Å². The summed E-state index contributed by atoms with van der Waals surface area (Å²) in [5.41, 5.74) is -1.36. The maximum Gasteiger partial charge on any atom is 0.331 e. The molecule has 3 unspecified atom stereocenters. The van der Waals surface area contributed by atoms with Gasteiger partial charge in [0.2, 0.25) is 0 Å². The Morgan fingerprint density at radius 2 is 1.81 bits per heavy atom. The molecule has 0 aromatic carbocycles. The molecule has 6 nitrogen and oxygen atoms in total. The Bertz CT molecular complexity index is 946. The number of aliphatic hydroxyl groups excluding tert-OH is 1. The Morgan fingerprint density at radius 1 is 1.06 bits per heavy atom. The van der Waals surface area contributed by atoms with Crippen LogP contribution in [0, 0.1) is 34.0 Å². The van der Waals surface area contributed by atoms with Gasteiger partial charge in [-0.25, -0.2) is 4.79 Å². The predicted octanol–water partition coefficient (Wildman–Crippen LogP) is 3.70. The van der Waals surface area contributed by atoms with Crippen molar-refractivity contribution in [2.24, 2.45) is 34.0 Å². The number of aliphatic hydroxyl groups is 1. The third kappa shape index (κ3) is 2.74. The second kappa shape index (κ2) is 6.72. The normalized spacial score (nSPS) is 48.9. The molecule has 1 saturated carbocycles. The van der Waals surface area contributed by atoms with Crippen molar-refractivity contribution in [1.82, 2.24) is 0 Å². The maximum absolute atomic E-state index is 13.2. The number of cyclic esters (lactones) is 1. The highest BCUT2D eigenvalue weighted by Gasteiger charge is 2.66. The van der Waals surface area contributed by atoms with E-state index in [0.29, 0.717) is 6.61 Å². The van der Waals surface area contributed by atoms with E-state index in [2.05, 4.69) is 19.9 Å². The highest BCUT2D eigenvalue weighted by molar-refractivity contribution is 5.85. The van der Waals surface area contributed by atoms with Crippen LogP contribution in [0.4, 0.5) is 0 Å². The monoisotopic (exact) mass is 442 g/mol. The van der Waals surface area contributed by atoms with Crippen LogP contribution in [0.1, 0.15) is 53.9 Å². The van der Waals surface area contributed by atoms with E-state index < -0.39 is 22.5 Å². The van der Waals surface area contributed by atoms with E-state index >= 15 is 0 Å². The standard InChI is InChI=1S/C26H34O6/c1-23(2)17-12-21(29)32-26(5)16(24(17,3)10-7-19(23)27)6-9-25(4)18(26)13-20(28)31-22(25)15-8-11-30-14-15/h7-8,10-11,13,15-17,19,22,27H,6,9,12,14H2,1-5H3/t15?,16?,17?,19-,22+,24-,25-,26-/m1/s1. The first-order valence-corrected chi connectivity index (χ1v) is 11.7. The predicted molar refractivity (Wildman–Crippen MR) is 117 cm³/mol. The van der Waals surface area contributed by atoms with Gasteiger partial charge < -0.3 is 19.3 Å². The smallest absolute Gasteiger partial charge is 0.331 e. The third-order valence-electron chi connectivity index (χ3n) is 9.50. The molecule has 3 heterocycles. The molecule has 5 aliphatic rings. The molecule has 174 valence electrons. The number of esters is 2. The van der Waals surface area contributed by atoms with Crippen molar-refractivity contribution in [1.29, 1.82) is 0 Å². The average Bonchev–Trinajstić information content (AvgIpc) is 3.21. The van der Waals surface area contributed by atoms with Gasteiger partial charge in [0, 0.05) is 23.8 Å². The van der Waals surface area contributed by atoms with Gasteiger partial charge in [0.25, 0.3) is 0 Å². The van der Waals surface area contributed by atoms with Crippen LogP contribution in [0.25, 0.3) is 0 Å². The number of hydrogen-bond donors (Lipinski definition) is 1. The number of ether oxygens (including phenoxy) is 3. The zero-order chi connectivity index (χ0) is 23.1. The van der Waals surface area contributed by atoms with Crippen molar-refractivity contribution >= 4 is 11.9 Å². The summed E-state index contributed by atoms with van der Waals surface area (Å²) in [6, 6.07) is 0. The topological polar surface area (TPSA) is 82.1 Å². The molecule has 2 fully saturated rings. The third-order valence-corrected chi connectivity index (χ3v) is 9.50. The fourth-order valence-corrected chi connectivity index (χ4v) is 7.73. The first kappa shape index (κ1) is 21.7. The molecule has 0 spiro atoms. The molecule has 0 aromatic rings. The molecule has 0 radical (unpaired) electrons. The highest BCUT2D eigenvalue weighted by Crippen LogP contribution is 2.65. The lowest BCUT2D eigenvalue weighted by Crippen LogP contribution is -2.61. The molecule has 0 bridgehead atoms. The number of hydrogen-bond acceptors (Lipinski definition) is 6. The van der Waals surface area contributed by atoms with Crippen molar-refractivity contribution in [3.8, 4) is 0 Å². The fourth-order valence-electron chi connectivity index (χ4n) is 7.73. The molecule has 8 atom stereocenters. The van der Waals surface area contributed by atoms with E-state index in [0.717, 1.165) is 18.4 Å². The summed E-state index contributed by atoms with van der Waals surface area (Å²) in [6.45, 7) is 10.9. The van der Waals surface area contributed by atoms with E-state index in [1.54, 1.807) is 12.3 Å². The number of fused-ring (bicyclic) bond motifs is 5. The summed E-state index contributed by atoms with van der Waals surface area (Å²) in [5.74, 6) is -0.776. The minimum Gasteiger partial charge on any atom is -0.501 e. The SMILES string of the molecule is CC1(C)C2CC(=O)O[C@@]3(C)C4=CC(=O)O[C@@H](C5C=COC5)[C@]4(C)CCC3[C@@]2(C)C=C[C@H]1O. The van der Waals surface area contributed by atoms with Crippen LogP contribution in [-0.2, 0) is 23.8 Å². The van der Waals surface area contributed by atoms with Crippen molar-refractivity contribution in [3.05, 3.63) is 36.1 Å². The van der Waals surface area contributed by atoms with Gasteiger partial charge in [0.1, 0.15) is 11.7 Å². The largest absolute Gasteiger partial charge is 0.501 e. The maximum atomic E-state index is 13.2. The van der Waals surface area contributed by atoms with Gasteiger partial charge >= 0.3 is 11.9 Å². The zero-order valence-corrected chi connectivity index (χ0v) is 19.6. The summed E-state index contributed by atoms with van der Waals surface area (Å²) in [4.78, 5) is 26.0. The quantitative estimate of drug-likeness (QED) is 0.493. The molecule has 1 saturated heterocycles. The van der Waals surface area contributed by atoms with Gasteiger partial charge in [-0.1, -0.05) is 39.8 Å². The average molecular weight is 443 g/mol. The molecular formula is C26H34O6. The molecule has 3 aliphatic heterocycles. The second-order valence-corrected chi connectivity index (χ2v) is 11.6. The van der Waals surface area contributed by atoms with Crippen LogP contribution in [0.3, 0.4) is 0 Å².